The SMILES string of the molecule is Cc1cccc(C(=N)N)c1N(CCO)C1CCC1. The second-order valence-electron chi connectivity index (χ2n) is 4.89. The van der Waals surface area contributed by atoms with Crippen LogP contribution in [-0.4, -0.2) is 30.1 Å². The van der Waals surface area contributed by atoms with E-state index >= 15 is 0 Å². The predicted octanol–water partition coefficient (Wildman–Crippen LogP) is 1.63. The number of anilines is 1. The number of nitrogens with one attached hydrogen (secondary N) is 1. The van der Waals surface area contributed by atoms with Gasteiger partial charge in [0.05, 0.1) is 12.3 Å². The summed E-state index contributed by atoms with van der Waals surface area (Å²) in [7, 11) is 0. The molecule has 0 atom stereocenters. The molecule has 0 aliphatic heterocycles. The maximum atomic E-state index is 9.26. The molecule has 4 nitrogen and oxygen atoms in total. The Kier molecular flexibility index (Phi) is 3.87. The van der Waals surface area contributed by atoms with E-state index in [-0.39, 0.29) is 12.4 Å². The van der Waals surface area contributed by atoms with Gasteiger partial charge in [-0.3, -0.25) is 5.41 Å². The van der Waals surface area contributed by atoms with Gasteiger partial charge in [0.2, 0.25) is 0 Å². The first kappa shape index (κ1) is 12.9. The van der Waals surface area contributed by atoms with Gasteiger partial charge < -0.3 is 15.7 Å². The Bertz CT molecular complexity index is 441. The standard InChI is InChI=1S/C14H21N3O/c1-10-4-2-7-12(14(15)16)13(10)17(8-9-18)11-5-3-6-11/h2,4,7,11,18H,3,5-6,8-9H2,1H3,(H3,15,16). The van der Waals surface area contributed by atoms with Crippen LogP contribution in [0.4, 0.5) is 5.69 Å². The highest BCUT2D eigenvalue weighted by Gasteiger charge is 2.27. The molecule has 0 spiro atoms. The first-order chi connectivity index (χ1) is 8.65. The van der Waals surface area contributed by atoms with Crippen LogP contribution in [0.1, 0.15) is 30.4 Å². The summed E-state index contributed by atoms with van der Waals surface area (Å²) in [6.45, 7) is 2.77. The molecular formula is C14H21N3O. The number of nitrogens with two attached hydrogens (primary N) is 1. The van der Waals surface area contributed by atoms with Gasteiger partial charge in [-0.25, -0.2) is 0 Å². The molecule has 0 aromatic heterocycles. The van der Waals surface area contributed by atoms with Crippen molar-refractivity contribution in [1.29, 1.82) is 5.41 Å². The minimum atomic E-state index is 0.0935. The number of benzene rings is 1. The molecule has 4 N–H and O–H groups in total. The van der Waals surface area contributed by atoms with Gasteiger partial charge in [-0.2, -0.15) is 0 Å². The topological polar surface area (TPSA) is 73.3 Å². The molecule has 18 heavy (non-hydrogen) atoms. The minimum absolute atomic E-state index is 0.0935. The Morgan fingerprint density at radius 1 is 1.50 bits per heavy atom. The maximum Gasteiger partial charge on any atom is 0.124 e. The minimum Gasteiger partial charge on any atom is -0.395 e. The highest BCUT2D eigenvalue weighted by atomic mass is 16.3. The number of para-hydroxylation sites is 1. The van der Waals surface area contributed by atoms with Crippen molar-refractivity contribution in [3.8, 4) is 0 Å². The van der Waals surface area contributed by atoms with Crippen LogP contribution < -0.4 is 10.6 Å². The van der Waals surface area contributed by atoms with Gasteiger partial charge in [0.1, 0.15) is 5.84 Å². The van der Waals surface area contributed by atoms with Crippen LogP contribution >= 0.6 is 0 Å². The van der Waals surface area contributed by atoms with E-state index in [0.29, 0.717) is 12.6 Å². The Balaban J connectivity index is 2.41. The van der Waals surface area contributed by atoms with Crippen LogP contribution in [0.2, 0.25) is 0 Å². The van der Waals surface area contributed by atoms with Crippen LogP contribution in [0.25, 0.3) is 0 Å². The zero-order valence-electron chi connectivity index (χ0n) is 10.8. The number of nitrogen functional groups attached to an aromatic ring is 1. The van der Waals surface area contributed by atoms with E-state index in [9.17, 15) is 5.11 Å². The van der Waals surface area contributed by atoms with Crippen molar-refractivity contribution < 1.29 is 5.11 Å². The Morgan fingerprint density at radius 2 is 2.22 bits per heavy atom. The van der Waals surface area contributed by atoms with E-state index in [1.165, 1.54) is 6.42 Å². The van der Waals surface area contributed by atoms with Gasteiger partial charge in [0.15, 0.2) is 0 Å². The Hall–Kier alpha value is -1.55. The predicted molar refractivity (Wildman–Crippen MR) is 74.3 cm³/mol. The van der Waals surface area contributed by atoms with Crippen molar-refractivity contribution in [1.82, 2.24) is 0 Å². The quantitative estimate of drug-likeness (QED) is 0.547. The highest BCUT2D eigenvalue weighted by molar-refractivity contribution is 6.01. The fraction of sp³-hybridized carbons (Fsp3) is 0.500. The van der Waals surface area contributed by atoms with E-state index in [4.69, 9.17) is 11.1 Å². The van der Waals surface area contributed by atoms with Crippen LogP contribution in [-0.2, 0) is 0 Å². The molecular weight excluding hydrogens is 226 g/mol. The van der Waals surface area contributed by atoms with Crippen molar-refractivity contribution in [2.24, 2.45) is 5.73 Å². The van der Waals surface area contributed by atoms with Gasteiger partial charge in [0.25, 0.3) is 0 Å². The van der Waals surface area contributed by atoms with Gasteiger partial charge in [-0.05, 0) is 37.8 Å². The Labute approximate surface area is 108 Å². The summed E-state index contributed by atoms with van der Waals surface area (Å²) in [5.41, 5.74) is 8.58. The summed E-state index contributed by atoms with van der Waals surface area (Å²) < 4.78 is 0. The number of nitrogens with zero attached hydrogens (tertiary/aromatic N) is 1. The lowest BCUT2D eigenvalue weighted by Gasteiger charge is -2.40. The molecule has 98 valence electrons. The summed E-state index contributed by atoms with van der Waals surface area (Å²) in [4.78, 5) is 2.22. The Morgan fingerprint density at radius 3 is 2.72 bits per heavy atom. The molecule has 0 radical (unpaired) electrons. The summed E-state index contributed by atoms with van der Waals surface area (Å²) in [5, 5.41) is 17.0. The molecule has 0 bridgehead atoms. The molecule has 0 saturated heterocycles. The molecule has 1 aliphatic rings. The number of aryl methyl sites for hydroxylation is 1. The number of hydrogen-bond acceptors (Lipinski definition) is 3. The third-order valence-electron chi connectivity index (χ3n) is 3.67. The smallest absolute Gasteiger partial charge is 0.124 e. The first-order valence-electron chi connectivity index (χ1n) is 6.46. The van der Waals surface area contributed by atoms with Crippen molar-refractivity contribution >= 4 is 11.5 Å². The van der Waals surface area contributed by atoms with Gasteiger partial charge in [-0.1, -0.05) is 12.1 Å². The van der Waals surface area contributed by atoms with Crippen molar-refractivity contribution in [2.75, 3.05) is 18.1 Å². The largest absolute Gasteiger partial charge is 0.395 e. The zero-order valence-corrected chi connectivity index (χ0v) is 10.8. The van der Waals surface area contributed by atoms with E-state index in [1.807, 2.05) is 25.1 Å². The van der Waals surface area contributed by atoms with Crippen molar-refractivity contribution in [3.63, 3.8) is 0 Å². The lowest BCUT2D eigenvalue weighted by atomic mass is 9.90. The third kappa shape index (κ3) is 2.34. The van der Waals surface area contributed by atoms with E-state index in [2.05, 4.69) is 4.90 Å². The molecule has 1 aliphatic carbocycles. The van der Waals surface area contributed by atoms with E-state index in [1.54, 1.807) is 0 Å². The third-order valence-corrected chi connectivity index (χ3v) is 3.67. The van der Waals surface area contributed by atoms with Crippen LogP contribution in [0.5, 0.6) is 0 Å². The molecule has 0 heterocycles. The number of aliphatic hydroxyl groups is 1. The van der Waals surface area contributed by atoms with Crippen LogP contribution in [0.3, 0.4) is 0 Å². The molecule has 0 unspecified atom stereocenters. The van der Waals surface area contributed by atoms with Crippen LogP contribution in [0, 0.1) is 12.3 Å². The van der Waals surface area contributed by atoms with Gasteiger partial charge in [-0.15, -0.1) is 0 Å². The van der Waals surface area contributed by atoms with Crippen molar-refractivity contribution in [3.05, 3.63) is 29.3 Å². The summed E-state index contributed by atoms with van der Waals surface area (Å²) in [5.74, 6) is 0.0935. The summed E-state index contributed by atoms with van der Waals surface area (Å²) >= 11 is 0. The molecule has 1 aromatic rings. The van der Waals surface area contributed by atoms with Gasteiger partial charge >= 0.3 is 0 Å². The number of amidine groups is 1. The van der Waals surface area contributed by atoms with Crippen molar-refractivity contribution in [2.45, 2.75) is 32.2 Å². The van der Waals surface area contributed by atoms with Crippen LogP contribution in [0.15, 0.2) is 18.2 Å². The monoisotopic (exact) mass is 247 g/mol. The lowest BCUT2D eigenvalue weighted by molar-refractivity contribution is 0.283. The fourth-order valence-corrected chi connectivity index (χ4v) is 2.54. The average molecular weight is 247 g/mol. The number of aliphatic hydroxyl groups excluding tert-OH is 1. The maximum absolute atomic E-state index is 9.26. The second-order valence-corrected chi connectivity index (χ2v) is 4.89. The second kappa shape index (κ2) is 5.40. The molecule has 0 amide bonds. The molecule has 1 aromatic carbocycles. The number of rotatable bonds is 5. The fourth-order valence-electron chi connectivity index (χ4n) is 2.54. The zero-order chi connectivity index (χ0) is 13.1. The van der Waals surface area contributed by atoms with E-state index < -0.39 is 0 Å². The molecule has 2 rings (SSSR count). The molecule has 4 heteroatoms. The number of hydrogen-bond donors (Lipinski definition) is 3. The lowest BCUT2D eigenvalue weighted by Crippen LogP contribution is -2.43. The molecule has 1 fully saturated rings. The normalized spacial score (nSPS) is 15.2. The van der Waals surface area contributed by atoms with E-state index in [0.717, 1.165) is 29.7 Å². The van der Waals surface area contributed by atoms with Gasteiger partial charge in [0, 0.05) is 18.2 Å². The summed E-state index contributed by atoms with van der Waals surface area (Å²) in [6, 6.07) is 6.32. The first-order valence-corrected chi connectivity index (χ1v) is 6.46. The molecule has 1 saturated carbocycles. The average Bonchev–Trinajstić information content (AvgIpc) is 2.25. The highest BCUT2D eigenvalue weighted by Crippen LogP contribution is 2.33. The summed E-state index contributed by atoms with van der Waals surface area (Å²) in [6.07, 6.45) is 3.56.